The Morgan fingerprint density at radius 2 is 2.07 bits per heavy atom. The van der Waals surface area contributed by atoms with E-state index in [4.69, 9.17) is 5.11 Å². The van der Waals surface area contributed by atoms with Gasteiger partial charge in [-0.25, -0.2) is 4.79 Å². The summed E-state index contributed by atoms with van der Waals surface area (Å²) in [6, 6.07) is 0.0606. The second kappa shape index (κ2) is 4.17. The van der Waals surface area contributed by atoms with Crippen LogP contribution in [-0.4, -0.2) is 30.3 Å². The van der Waals surface area contributed by atoms with Crippen molar-refractivity contribution >= 4 is 6.09 Å². The topological polar surface area (TPSA) is 61.4 Å². The van der Waals surface area contributed by atoms with E-state index < -0.39 is 6.09 Å². The summed E-state index contributed by atoms with van der Waals surface area (Å²) in [6.07, 6.45) is 0.00867. The molecule has 0 aromatic heterocycles. The van der Waals surface area contributed by atoms with E-state index in [0.717, 1.165) is 19.5 Å². The van der Waals surface area contributed by atoms with Crippen molar-refractivity contribution in [3.8, 4) is 0 Å². The fourth-order valence-electron chi connectivity index (χ4n) is 1.89. The summed E-state index contributed by atoms with van der Waals surface area (Å²) in [7, 11) is 0. The SMILES string of the molecule is CC(C)(C)C1CNCC(NC(=O)O)C1. The van der Waals surface area contributed by atoms with Gasteiger partial charge in [0.25, 0.3) is 0 Å². The van der Waals surface area contributed by atoms with Gasteiger partial charge in [-0.2, -0.15) is 0 Å². The third-order valence-corrected chi connectivity index (χ3v) is 2.90. The minimum Gasteiger partial charge on any atom is -0.465 e. The zero-order valence-corrected chi connectivity index (χ0v) is 9.13. The zero-order valence-electron chi connectivity index (χ0n) is 9.13. The first-order valence-electron chi connectivity index (χ1n) is 5.10. The van der Waals surface area contributed by atoms with Gasteiger partial charge in [-0.15, -0.1) is 0 Å². The lowest BCUT2D eigenvalue weighted by Crippen LogP contribution is -2.51. The standard InChI is InChI=1S/C10H20N2O2/c1-10(2,3)7-4-8(6-11-5-7)12-9(13)14/h7-8,11-12H,4-6H2,1-3H3,(H,13,14). The second-order valence-corrected chi connectivity index (χ2v) is 5.10. The third kappa shape index (κ3) is 3.18. The summed E-state index contributed by atoms with van der Waals surface area (Å²) in [5.74, 6) is 0.535. The van der Waals surface area contributed by atoms with Crippen LogP contribution in [0, 0.1) is 11.3 Å². The highest BCUT2D eigenvalue weighted by Crippen LogP contribution is 2.30. The smallest absolute Gasteiger partial charge is 0.404 e. The van der Waals surface area contributed by atoms with Crippen LogP contribution in [0.4, 0.5) is 4.79 Å². The predicted octanol–water partition coefficient (Wildman–Crippen LogP) is 1.28. The molecule has 1 saturated heterocycles. The van der Waals surface area contributed by atoms with Crippen LogP contribution < -0.4 is 10.6 Å². The molecular formula is C10H20N2O2. The number of nitrogens with one attached hydrogen (secondary N) is 2. The molecule has 0 aliphatic carbocycles. The van der Waals surface area contributed by atoms with Crippen molar-refractivity contribution in [1.29, 1.82) is 0 Å². The molecule has 82 valence electrons. The number of carboxylic acid groups (broad SMARTS) is 1. The molecule has 1 rings (SSSR count). The lowest BCUT2D eigenvalue weighted by molar-refractivity contribution is 0.154. The molecule has 4 heteroatoms. The fraction of sp³-hybridized carbons (Fsp3) is 0.900. The Kier molecular flexibility index (Phi) is 3.37. The van der Waals surface area contributed by atoms with Crippen molar-refractivity contribution in [2.75, 3.05) is 13.1 Å². The van der Waals surface area contributed by atoms with E-state index in [1.807, 2.05) is 0 Å². The van der Waals surface area contributed by atoms with Crippen molar-refractivity contribution < 1.29 is 9.90 Å². The maximum Gasteiger partial charge on any atom is 0.404 e. The van der Waals surface area contributed by atoms with Crippen LogP contribution in [0.2, 0.25) is 0 Å². The normalized spacial score (nSPS) is 28.5. The molecule has 4 nitrogen and oxygen atoms in total. The number of rotatable bonds is 1. The van der Waals surface area contributed by atoms with Crippen LogP contribution in [0.5, 0.6) is 0 Å². The molecule has 0 spiro atoms. The Morgan fingerprint density at radius 3 is 2.57 bits per heavy atom. The summed E-state index contributed by atoms with van der Waals surface area (Å²) in [5.41, 5.74) is 0.242. The van der Waals surface area contributed by atoms with Crippen molar-refractivity contribution in [3.63, 3.8) is 0 Å². The molecule has 1 amide bonds. The first-order valence-corrected chi connectivity index (χ1v) is 5.10. The van der Waals surface area contributed by atoms with E-state index in [0.29, 0.717) is 5.92 Å². The molecule has 1 heterocycles. The Morgan fingerprint density at radius 1 is 1.43 bits per heavy atom. The lowest BCUT2D eigenvalue weighted by Gasteiger charge is -2.38. The molecule has 1 aliphatic heterocycles. The number of hydrogen-bond acceptors (Lipinski definition) is 2. The third-order valence-electron chi connectivity index (χ3n) is 2.90. The first-order chi connectivity index (χ1) is 6.39. The Labute approximate surface area is 85.1 Å². The zero-order chi connectivity index (χ0) is 10.8. The van der Waals surface area contributed by atoms with Gasteiger partial charge in [-0.1, -0.05) is 20.8 Å². The Hall–Kier alpha value is -0.770. The summed E-state index contributed by atoms with van der Waals surface area (Å²) >= 11 is 0. The summed E-state index contributed by atoms with van der Waals surface area (Å²) in [4.78, 5) is 10.5. The number of carbonyl (C=O) groups is 1. The highest BCUT2D eigenvalue weighted by molar-refractivity contribution is 5.64. The number of piperidine rings is 1. The molecule has 2 atom stereocenters. The predicted molar refractivity (Wildman–Crippen MR) is 55.4 cm³/mol. The van der Waals surface area contributed by atoms with Gasteiger partial charge in [-0.05, 0) is 24.3 Å². The van der Waals surface area contributed by atoms with Gasteiger partial charge in [-0.3, -0.25) is 0 Å². The van der Waals surface area contributed by atoms with Gasteiger partial charge >= 0.3 is 6.09 Å². The van der Waals surface area contributed by atoms with Crippen LogP contribution in [0.15, 0.2) is 0 Å². The molecule has 0 bridgehead atoms. The van der Waals surface area contributed by atoms with Crippen molar-refractivity contribution in [1.82, 2.24) is 10.6 Å². The van der Waals surface area contributed by atoms with Gasteiger partial charge in [0.1, 0.15) is 0 Å². The molecule has 1 aliphatic rings. The quantitative estimate of drug-likeness (QED) is 0.597. The maximum absolute atomic E-state index is 10.5. The molecule has 14 heavy (non-hydrogen) atoms. The van der Waals surface area contributed by atoms with Gasteiger partial charge in [0, 0.05) is 12.6 Å². The average molecular weight is 200 g/mol. The minimum absolute atomic E-state index is 0.0606. The highest BCUT2D eigenvalue weighted by Gasteiger charge is 2.30. The fourth-order valence-corrected chi connectivity index (χ4v) is 1.89. The van der Waals surface area contributed by atoms with Crippen LogP contribution in [0.3, 0.4) is 0 Å². The molecule has 0 radical (unpaired) electrons. The second-order valence-electron chi connectivity index (χ2n) is 5.10. The van der Waals surface area contributed by atoms with Crippen LogP contribution in [0.1, 0.15) is 27.2 Å². The van der Waals surface area contributed by atoms with Gasteiger partial charge < -0.3 is 15.7 Å². The number of hydrogen-bond donors (Lipinski definition) is 3. The molecule has 0 saturated carbocycles. The molecule has 2 unspecified atom stereocenters. The average Bonchev–Trinajstić information content (AvgIpc) is 2.01. The molecule has 0 aromatic carbocycles. The van der Waals surface area contributed by atoms with Crippen molar-refractivity contribution in [3.05, 3.63) is 0 Å². The lowest BCUT2D eigenvalue weighted by atomic mass is 9.75. The summed E-state index contributed by atoms with van der Waals surface area (Å²) < 4.78 is 0. The molecule has 1 fully saturated rings. The minimum atomic E-state index is -0.925. The van der Waals surface area contributed by atoms with Crippen LogP contribution in [0.25, 0.3) is 0 Å². The Balaban J connectivity index is 2.48. The number of amides is 1. The van der Waals surface area contributed by atoms with Crippen molar-refractivity contribution in [2.24, 2.45) is 11.3 Å². The van der Waals surface area contributed by atoms with Gasteiger partial charge in [0.2, 0.25) is 0 Å². The first kappa shape index (κ1) is 11.3. The van der Waals surface area contributed by atoms with Gasteiger partial charge in [0.15, 0.2) is 0 Å². The molecule has 0 aromatic rings. The van der Waals surface area contributed by atoms with Crippen molar-refractivity contribution in [2.45, 2.75) is 33.2 Å². The highest BCUT2D eigenvalue weighted by atomic mass is 16.4. The van der Waals surface area contributed by atoms with Crippen LogP contribution in [-0.2, 0) is 0 Å². The monoisotopic (exact) mass is 200 g/mol. The van der Waals surface area contributed by atoms with Gasteiger partial charge in [0.05, 0.1) is 0 Å². The van der Waals surface area contributed by atoms with E-state index in [1.165, 1.54) is 0 Å². The Bertz CT molecular complexity index is 211. The van der Waals surface area contributed by atoms with E-state index in [1.54, 1.807) is 0 Å². The van der Waals surface area contributed by atoms with E-state index in [2.05, 4.69) is 31.4 Å². The summed E-state index contributed by atoms with van der Waals surface area (Å²) in [6.45, 7) is 8.33. The van der Waals surface area contributed by atoms with Crippen LogP contribution >= 0.6 is 0 Å². The molecular weight excluding hydrogens is 180 g/mol. The van der Waals surface area contributed by atoms with E-state index in [-0.39, 0.29) is 11.5 Å². The maximum atomic E-state index is 10.5. The summed E-state index contributed by atoms with van der Waals surface area (Å²) in [5, 5.41) is 14.4. The van der Waals surface area contributed by atoms with E-state index in [9.17, 15) is 4.79 Å². The molecule has 3 N–H and O–H groups in total. The van der Waals surface area contributed by atoms with E-state index >= 15 is 0 Å². The largest absolute Gasteiger partial charge is 0.465 e.